The van der Waals surface area contributed by atoms with E-state index in [0.717, 1.165) is 4.90 Å². The van der Waals surface area contributed by atoms with Gasteiger partial charge in [-0.1, -0.05) is 24.8 Å². The molecule has 0 aliphatic heterocycles. The van der Waals surface area contributed by atoms with Gasteiger partial charge in [0.1, 0.15) is 0 Å². The fraction of sp³-hybridized carbons (Fsp3) is 0.0909. The smallest absolute Gasteiger partial charge is 0.0844 e. The summed E-state index contributed by atoms with van der Waals surface area (Å²) in [7, 11) is 0.346. The molecule has 1 aromatic rings. The van der Waals surface area contributed by atoms with E-state index in [0.29, 0.717) is 4.91 Å². The van der Waals surface area contributed by atoms with E-state index in [1.54, 1.807) is 6.08 Å². The summed E-state index contributed by atoms with van der Waals surface area (Å²) in [4.78, 5) is 1.27. The second kappa shape index (κ2) is 5.40. The first-order chi connectivity index (χ1) is 6.75. The zero-order valence-electron chi connectivity index (χ0n) is 7.97. The minimum Gasteiger partial charge on any atom is -0.504 e. The quantitative estimate of drug-likeness (QED) is 0.561. The molecule has 1 aromatic carbocycles. The number of benzene rings is 1. The van der Waals surface area contributed by atoms with Crippen LogP contribution in [0.1, 0.15) is 0 Å². The Hall–Kier alpha value is -1.35. The van der Waals surface area contributed by atoms with Crippen LogP contribution in [-0.4, -0.2) is 11.3 Å². The van der Waals surface area contributed by atoms with E-state index in [2.05, 4.69) is 6.58 Å². The first-order valence-corrected chi connectivity index (χ1v) is 5.25. The second-order valence-electron chi connectivity index (χ2n) is 2.59. The molecule has 0 N–H and O–H groups in total. The van der Waals surface area contributed by atoms with Crippen molar-refractivity contribution in [2.24, 2.45) is 0 Å². The molecule has 0 saturated heterocycles. The molecule has 0 aliphatic rings. The van der Waals surface area contributed by atoms with Gasteiger partial charge in [0.05, 0.1) is 24.2 Å². The van der Waals surface area contributed by atoms with Gasteiger partial charge in [-0.3, -0.25) is 0 Å². The largest absolute Gasteiger partial charge is 0.504 e. The minimum atomic E-state index is -1.19. The van der Waals surface area contributed by atoms with Crippen molar-refractivity contribution >= 4 is 10.8 Å². The summed E-state index contributed by atoms with van der Waals surface area (Å²) in [5.74, 6) is 0. The van der Waals surface area contributed by atoms with Gasteiger partial charge in [0.25, 0.3) is 0 Å². The van der Waals surface area contributed by atoms with Gasteiger partial charge in [0.2, 0.25) is 0 Å². The maximum absolute atomic E-state index is 11.8. The summed E-state index contributed by atoms with van der Waals surface area (Å²) >= 11 is 0. The highest BCUT2D eigenvalue weighted by Crippen LogP contribution is 2.13. The van der Waals surface area contributed by atoms with Crippen molar-refractivity contribution in [1.82, 2.24) is 0 Å². The zero-order chi connectivity index (χ0) is 10.4. The normalized spacial score (nSPS) is 12.6. The predicted molar refractivity (Wildman–Crippen MR) is 58.1 cm³/mol. The van der Waals surface area contributed by atoms with Crippen molar-refractivity contribution in [2.75, 3.05) is 7.11 Å². The van der Waals surface area contributed by atoms with Crippen molar-refractivity contribution in [3.63, 3.8) is 0 Å². The van der Waals surface area contributed by atoms with Crippen LogP contribution in [0, 0.1) is 0 Å². The van der Waals surface area contributed by atoms with Crippen LogP contribution in [0.15, 0.2) is 59.0 Å². The molecule has 0 spiro atoms. The van der Waals surface area contributed by atoms with Crippen LogP contribution in [-0.2, 0) is 15.5 Å². The fourth-order valence-electron chi connectivity index (χ4n) is 0.901. The van der Waals surface area contributed by atoms with Crippen LogP contribution < -0.4 is 0 Å². The van der Waals surface area contributed by atoms with Crippen molar-refractivity contribution in [2.45, 2.75) is 4.90 Å². The summed E-state index contributed by atoms with van der Waals surface area (Å²) in [5.41, 5.74) is 0. The monoisotopic (exact) mass is 208 g/mol. The maximum Gasteiger partial charge on any atom is 0.0844 e. The average Bonchev–Trinajstić information content (AvgIpc) is 2.26. The van der Waals surface area contributed by atoms with Gasteiger partial charge in [-0.25, -0.2) is 4.21 Å². The highest BCUT2D eigenvalue weighted by Gasteiger charge is 2.03. The Morgan fingerprint density at radius 2 is 2.07 bits per heavy atom. The molecule has 1 atom stereocenters. The van der Waals surface area contributed by atoms with Crippen LogP contribution in [0.2, 0.25) is 0 Å². The first-order valence-electron chi connectivity index (χ1n) is 4.11. The highest BCUT2D eigenvalue weighted by atomic mass is 32.2. The van der Waals surface area contributed by atoms with Crippen molar-refractivity contribution in [3.05, 3.63) is 54.2 Å². The number of rotatable bonds is 4. The predicted octanol–water partition coefficient (Wildman–Crippen LogP) is 2.47. The van der Waals surface area contributed by atoms with Crippen molar-refractivity contribution in [1.29, 1.82) is 0 Å². The lowest BCUT2D eigenvalue weighted by atomic mass is 10.4. The van der Waals surface area contributed by atoms with E-state index in [1.807, 2.05) is 30.3 Å². The molecule has 0 radical (unpaired) electrons. The molecule has 14 heavy (non-hydrogen) atoms. The Kier molecular flexibility index (Phi) is 4.13. The molecule has 2 nitrogen and oxygen atoms in total. The lowest BCUT2D eigenvalue weighted by Crippen LogP contribution is -1.91. The number of ether oxygens (including phenoxy) is 1. The van der Waals surface area contributed by atoms with Crippen LogP contribution in [0.5, 0.6) is 0 Å². The Labute approximate surface area is 86.4 Å². The molecular weight excluding hydrogens is 196 g/mol. The first kappa shape index (κ1) is 10.7. The Balaban J connectivity index is 2.77. The average molecular weight is 208 g/mol. The van der Waals surface area contributed by atoms with Crippen molar-refractivity contribution in [3.8, 4) is 0 Å². The SMILES string of the molecule is C=C(/C=C\OC)S(=O)c1ccccc1. The molecule has 0 bridgehead atoms. The van der Waals surface area contributed by atoms with E-state index < -0.39 is 10.8 Å². The summed E-state index contributed by atoms with van der Waals surface area (Å²) in [5, 5.41) is 0. The maximum atomic E-state index is 11.8. The van der Waals surface area contributed by atoms with E-state index in [-0.39, 0.29) is 0 Å². The van der Waals surface area contributed by atoms with Crippen molar-refractivity contribution < 1.29 is 8.95 Å². The molecule has 0 fully saturated rings. The molecule has 0 aromatic heterocycles. The third-order valence-electron chi connectivity index (χ3n) is 1.59. The number of methoxy groups -OCH3 is 1. The Morgan fingerprint density at radius 3 is 2.64 bits per heavy atom. The molecule has 3 heteroatoms. The highest BCUT2D eigenvalue weighted by molar-refractivity contribution is 7.89. The van der Waals surface area contributed by atoms with Gasteiger partial charge in [-0.15, -0.1) is 0 Å². The van der Waals surface area contributed by atoms with Gasteiger partial charge < -0.3 is 4.74 Å². The van der Waals surface area contributed by atoms with E-state index in [9.17, 15) is 4.21 Å². The van der Waals surface area contributed by atoms with Crippen LogP contribution in [0.3, 0.4) is 0 Å². The number of hydrogen-bond donors (Lipinski definition) is 0. The summed E-state index contributed by atoms with van der Waals surface area (Å²) < 4.78 is 16.5. The lowest BCUT2D eigenvalue weighted by Gasteiger charge is -2.00. The van der Waals surface area contributed by atoms with E-state index in [1.165, 1.54) is 13.4 Å². The molecule has 1 rings (SSSR count). The van der Waals surface area contributed by atoms with Crippen LogP contribution in [0.4, 0.5) is 0 Å². The third kappa shape index (κ3) is 2.85. The minimum absolute atomic E-state index is 0.526. The molecule has 0 aliphatic carbocycles. The fourth-order valence-corrected chi connectivity index (χ4v) is 1.79. The standard InChI is InChI=1S/C11H12O2S/c1-10(8-9-13-2)14(12)11-6-4-3-5-7-11/h3-9H,1H2,2H3/b9-8-. The van der Waals surface area contributed by atoms with Gasteiger partial charge in [0, 0.05) is 9.80 Å². The summed E-state index contributed by atoms with van der Waals surface area (Å²) in [6, 6.07) is 9.19. The summed E-state index contributed by atoms with van der Waals surface area (Å²) in [6.07, 6.45) is 3.06. The molecule has 0 amide bonds. The van der Waals surface area contributed by atoms with Crippen LogP contribution >= 0.6 is 0 Å². The third-order valence-corrected chi connectivity index (χ3v) is 2.90. The van der Waals surface area contributed by atoms with Crippen LogP contribution in [0.25, 0.3) is 0 Å². The number of allylic oxidation sites excluding steroid dienone is 1. The van der Waals surface area contributed by atoms with Gasteiger partial charge in [-0.2, -0.15) is 0 Å². The topological polar surface area (TPSA) is 26.3 Å². The molecular formula is C11H12O2S. The summed E-state index contributed by atoms with van der Waals surface area (Å²) in [6.45, 7) is 3.70. The number of hydrogen-bond acceptors (Lipinski definition) is 2. The van der Waals surface area contributed by atoms with Gasteiger partial charge in [0.15, 0.2) is 0 Å². The lowest BCUT2D eigenvalue weighted by molar-refractivity contribution is 0.338. The van der Waals surface area contributed by atoms with E-state index in [4.69, 9.17) is 4.74 Å². The zero-order valence-corrected chi connectivity index (χ0v) is 8.79. The Bertz CT molecular complexity index is 355. The molecule has 0 saturated carbocycles. The Morgan fingerprint density at radius 1 is 1.43 bits per heavy atom. The second-order valence-corrected chi connectivity index (χ2v) is 4.12. The molecule has 0 heterocycles. The van der Waals surface area contributed by atoms with E-state index >= 15 is 0 Å². The molecule has 74 valence electrons. The van der Waals surface area contributed by atoms with Gasteiger partial charge >= 0.3 is 0 Å². The van der Waals surface area contributed by atoms with Gasteiger partial charge in [-0.05, 0) is 18.2 Å². The molecule has 1 unspecified atom stereocenters.